The molecule has 0 aliphatic rings. The van der Waals surface area contributed by atoms with Crippen molar-refractivity contribution in [2.75, 3.05) is 17.7 Å². The van der Waals surface area contributed by atoms with Crippen LogP contribution in [-0.2, 0) is 0 Å². The van der Waals surface area contributed by atoms with Crippen molar-refractivity contribution in [3.63, 3.8) is 0 Å². The van der Waals surface area contributed by atoms with E-state index in [0.717, 1.165) is 0 Å². The van der Waals surface area contributed by atoms with Crippen molar-refractivity contribution < 1.29 is 9.18 Å². The molecular weight excluding hydrogens is 231 g/mol. The van der Waals surface area contributed by atoms with Crippen LogP contribution in [0.4, 0.5) is 14.9 Å². The molecule has 5 heteroatoms. The second-order valence-electron chi connectivity index (χ2n) is 2.97. The zero-order valence-corrected chi connectivity index (χ0v) is 9.30. The molecule has 0 radical (unpaired) electrons. The third-order valence-electron chi connectivity index (χ3n) is 1.74. The highest BCUT2D eigenvalue weighted by Crippen LogP contribution is 2.07. The number of nitrogens with one attached hydrogen (secondary N) is 2. The summed E-state index contributed by atoms with van der Waals surface area (Å²) in [5.74, 6) is 0.0809. The van der Waals surface area contributed by atoms with Crippen molar-refractivity contribution in [2.45, 2.75) is 0 Å². The van der Waals surface area contributed by atoms with Crippen LogP contribution in [0.2, 0.25) is 0 Å². The van der Waals surface area contributed by atoms with E-state index in [1.807, 2.05) is 0 Å². The van der Waals surface area contributed by atoms with Gasteiger partial charge < -0.3 is 10.6 Å². The molecule has 0 bridgehead atoms. The van der Waals surface area contributed by atoms with E-state index < -0.39 is 0 Å². The van der Waals surface area contributed by atoms with Gasteiger partial charge in [0, 0.05) is 18.1 Å². The van der Waals surface area contributed by atoms with Crippen LogP contribution in [0.5, 0.6) is 0 Å². The minimum Gasteiger partial charge on any atom is -0.334 e. The van der Waals surface area contributed by atoms with Gasteiger partial charge in [0.25, 0.3) is 0 Å². The molecule has 3 nitrogen and oxygen atoms in total. The van der Waals surface area contributed by atoms with E-state index in [9.17, 15) is 9.18 Å². The maximum Gasteiger partial charge on any atom is 0.319 e. The van der Waals surface area contributed by atoms with Crippen LogP contribution < -0.4 is 10.6 Å². The number of amides is 2. The van der Waals surface area contributed by atoms with Crippen molar-refractivity contribution in [2.24, 2.45) is 0 Å². The lowest BCUT2D eigenvalue weighted by Gasteiger charge is -2.05. The molecule has 0 aromatic heterocycles. The number of alkyl halides is 1. The van der Waals surface area contributed by atoms with Crippen LogP contribution in [0.15, 0.2) is 36.4 Å². The molecule has 2 N–H and O–H groups in total. The highest BCUT2D eigenvalue weighted by atomic mass is 35.5. The average molecular weight is 243 g/mol. The van der Waals surface area contributed by atoms with E-state index in [-0.39, 0.29) is 11.8 Å². The molecule has 1 aromatic carbocycles. The van der Waals surface area contributed by atoms with E-state index in [0.29, 0.717) is 18.1 Å². The molecule has 0 aliphatic carbocycles. The van der Waals surface area contributed by atoms with Crippen molar-refractivity contribution >= 4 is 23.3 Å². The third kappa shape index (κ3) is 4.79. The van der Waals surface area contributed by atoms with Gasteiger partial charge in [-0.2, -0.15) is 0 Å². The van der Waals surface area contributed by atoms with E-state index in [1.165, 1.54) is 24.3 Å². The number of allylic oxidation sites excluding steroid dienone is 1. The van der Waals surface area contributed by atoms with Gasteiger partial charge in [-0.25, -0.2) is 9.18 Å². The van der Waals surface area contributed by atoms with Crippen LogP contribution in [0.1, 0.15) is 0 Å². The Bertz CT molecular complexity index is 365. The summed E-state index contributed by atoms with van der Waals surface area (Å²) in [4.78, 5) is 11.3. The van der Waals surface area contributed by atoms with Gasteiger partial charge in [0.05, 0.1) is 0 Å². The van der Waals surface area contributed by atoms with E-state index >= 15 is 0 Å². The average Bonchev–Trinajstić information content (AvgIpc) is 2.28. The van der Waals surface area contributed by atoms with Crippen molar-refractivity contribution in [3.05, 3.63) is 42.2 Å². The molecule has 0 atom stereocenters. The molecule has 86 valence electrons. The highest BCUT2D eigenvalue weighted by Gasteiger charge is 1.99. The fourth-order valence-electron chi connectivity index (χ4n) is 1.01. The molecule has 2 amide bonds. The molecule has 0 aliphatic heterocycles. The van der Waals surface area contributed by atoms with Crippen LogP contribution >= 0.6 is 11.6 Å². The summed E-state index contributed by atoms with van der Waals surface area (Å²) in [5, 5.41) is 5.15. The second-order valence-corrected chi connectivity index (χ2v) is 3.28. The lowest BCUT2D eigenvalue weighted by Crippen LogP contribution is -2.28. The number of benzene rings is 1. The molecular formula is C11H12ClFN2O. The van der Waals surface area contributed by atoms with Gasteiger partial charge in [-0.05, 0) is 24.3 Å². The predicted octanol–water partition coefficient (Wildman–Crippen LogP) is 2.74. The highest BCUT2D eigenvalue weighted by molar-refractivity contribution is 6.18. The molecule has 0 saturated carbocycles. The Labute approximate surface area is 98.3 Å². The Balaban J connectivity index is 2.34. The Hall–Kier alpha value is -1.55. The Kier molecular flexibility index (Phi) is 5.36. The minimum absolute atomic E-state index is 0.337. The van der Waals surface area contributed by atoms with Gasteiger partial charge in [0.15, 0.2) is 0 Å². The first-order valence-corrected chi connectivity index (χ1v) is 5.27. The molecule has 1 aromatic rings. The normalized spacial score (nSPS) is 10.4. The maximum atomic E-state index is 12.6. The summed E-state index contributed by atoms with van der Waals surface area (Å²) >= 11 is 5.41. The summed E-state index contributed by atoms with van der Waals surface area (Å²) in [5.41, 5.74) is 0.542. The van der Waals surface area contributed by atoms with Crippen molar-refractivity contribution in [1.82, 2.24) is 5.32 Å². The first-order valence-electron chi connectivity index (χ1n) is 4.74. The SMILES string of the molecule is O=C(NC/C=C/CCl)Nc1ccc(F)cc1. The lowest BCUT2D eigenvalue weighted by molar-refractivity contribution is 0.253. The summed E-state index contributed by atoms with van der Waals surface area (Å²) in [6.07, 6.45) is 3.48. The summed E-state index contributed by atoms with van der Waals surface area (Å²) in [6, 6.07) is 5.20. The standard InChI is InChI=1S/C11H12ClFN2O/c12-7-1-2-8-14-11(16)15-10-5-3-9(13)4-6-10/h1-6H,7-8H2,(H2,14,15,16)/b2-1+. The molecule has 0 unspecified atom stereocenters. The molecule has 0 spiro atoms. The van der Waals surface area contributed by atoms with Gasteiger partial charge in [-0.15, -0.1) is 11.6 Å². The molecule has 0 fully saturated rings. The third-order valence-corrected chi connectivity index (χ3v) is 1.92. The zero-order chi connectivity index (χ0) is 11.8. The molecule has 0 heterocycles. The summed E-state index contributed by atoms with van der Waals surface area (Å²) in [7, 11) is 0. The van der Waals surface area contributed by atoms with Gasteiger partial charge in [-0.3, -0.25) is 0 Å². The number of hydrogen-bond acceptors (Lipinski definition) is 1. The fraction of sp³-hybridized carbons (Fsp3) is 0.182. The summed E-state index contributed by atoms with van der Waals surface area (Å²) < 4.78 is 12.6. The first kappa shape index (κ1) is 12.5. The molecule has 1 rings (SSSR count). The number of hydrogen-bond donors (Lipinski definition) is 2. The van der Waals surface area contributed by atoms with Crippen LogP contribution in [0.25, 0.3) is 0 Å². The summed E-state index contributed by atoms with van der Waals surface area (Å²) in [6.45, 7) is 0.403. The predicted molar refractivity (Wildman–Crippen MR) is 63.3 cm³/mol. The maximum absolute atomic E-state index is 12.6. The van der Waals surface area contributed by atoms with E-state index in [1.54, 1.807) is 12.2 Å². The van der Waals surface area contributed by atoms with Crippen molar-refractivity contribution in [1.29, 1.82) is 0 Å². The second kappa shape index (κ2) is 6.85. The van der Waals surface area contributed by atoms with E-state index in [4.69, 9.17) is 11.6 Å². The first-order chi connectivity index (χ1) is 7.72. The smallest absolute Gasteiger partial charge is 0.319 e. The largest absolute Gasteiger partial charge is 0.334 e. The van der Waals surface area contributed by atoms with E-state index in [2.05, 4.69) is 10.6 Å². The lowest BCUT2D eigenvalue weighted by atomic mass is 10.3. The molecule has 16 heavy (non-hydrogen) atoms. The van der Waals surface area contributed by atoms with Gasteiger partial charge >= 0.3 is 6.03 Å². The fourth-order valence-corrected chi connectivity index (χ4v) is 1.13. The minimum atomic E-state index is -0.342. The number of halogens is 2. The quantitative estimate of drug-likeness (QED) is 0.619. The van der Waals surface area contributed by atoms with Gasteiger partial charge in [-0.1, -0.05) is 12.2 Å². The van der Waals surface area contributed by atoms with Crippen LogP contribution in [0.3, 0.4) is 0 Å². The number of rotatable bonds is 4. The monoisotopic (exact) mass is 242 g/mol. The Morgan fingerprint density at radius 2 is 2.00 bits per heavy atom. The Morgan fingerprint density at radius 3 is 2.62 bits per heavy atom. The zero-order valence-electron chi connectivity index (χ0n) is 8.54. The number of carbonyl (C=O) groups excluding carboxylic acids is 1. The van der Waals surface area contributed by atoms with Crippen LogP contribution in [-0.4, -0.2) is 18.5 Å². The van der Waals surface area contributed by atoms with Crippen molar-refractivity contribution in [3.8, 4) is 0 Å². The van der Waals surface area contributed by atoms with Gasteiger partial charge in [0.2, 0.25) is 0 Å². The number of anilines is 1. The van der Waals surface area contributed by atoms with Crippen LogP contribution in [0, 0.1) is 5.82 Å². The number of carbonyl (C=O) groups is 1. The molecule has 0 saturated heterocycles. The van der Waals surface area contributed by atoms with Gasteiger partial charge in [0.1, 0.15) is 5.82 Å². The topological polar surface area (TPSA) is 41.1 Å². The number of urea groups is 1. The Morgan fingerprint density at radius 1 is 1.31 bits per heavy atom.